The van der Waals surface area contributed by atoms with Crippen LogP contribution in [0.5, 0.6) is 0 Å². The highest BCUT2D eigenvalue weighted by Crippen LogP contribution is 2.16. The van der Waals surface area contributed by atoms with E-state index >= 15 is 0 Å². The summed E-state index contributed by atoms with van der Waals surface area (Å²) < 4.78 is 1.23. The molecule has 1 rings (SSSR count). The lowest BCUT2D eigenvalue weighted by molar-refractivity contribution is -0.125. The third-order valence-electron chi connectivity index (χ3n) is 2.25. The minimum atomic E-state index is -1.35. The van der Waals surface area contributed by atoms with Crippen LogP contribution < -0.4 is 16.6 Å². The molecule has 0 aliphatic carbocycles. The fraction of sp³-hybridized carbons (Fsp3) is 0.500. The molecule has 100 valence electrons. The van der Waals surface area contributed by atoms with E-state index in [0.717, 1.165) is 0 Å². The number of aliphatic hydroxyl groups excluding tert-OH is 1. The van der Waals surface area contributed by atoms with E-state index in [1.165, 1.54) is 10.9 Å². The number of aromatic nitrogens is 2. The average molecular weight is 275 g/mol. The Morgan fingerprint density at radius 3 is 2.78 bits per heavy atom. The summed E-state index contributed by atoms with van der Waals surface area (Å²) in [5, 5.41) is 15.7. The number of nitrogens with two attached hydrogens (primary N) is 1. The fourth-order valence-corrected chi connectivity index (χ4v) is 1.45. The number of primary amides is 1. The van der Waals surface area contributed by atoms with Crippen molar-refractivity contribution in [2.75, 3.05) is 11.9 Å². The monoisotopic (exact) mass is 274 g/mol. The SMILES string of the molecule is CC(C)n1ncc(NCC(O)C(N)=O)c(Cl)c1=O. The van der Waals surface area contributed by atoms with Crippen molar-refractivity contribution in [1.82, 2.24) is 9.78 Å². The predicted octanol–water partition coefficient (Wildman–Crippen LogP) is -0.264. The summed E-state index contributed by atoms with van der Waals surface area (Å²) in [4.78, 5) is 22.4. The maximum Gasteiger partial charge on any atom is 0.287 e. The summed E-state index contributed by atoms with van der Waals surface area (Å²) in [6, 6.07) is -0.111. The maximum absolute atomic E-state index is 11.8. The second-order valence-electron chi connectivity index (χ2n) is 4.01. The van der Waals surface area contributed by atoms with Gasteiger partial charge in [-0.05, 0) is 13.8 Å². The number of rotatable bonds is 5. The third-order valence-corrected chi connectivity index (χ3v) is 2.61. The van der Waals surface area contributed by atoms with Crippen LogP contribution in [-0.4, -0.2) is 33.4 Å². The molecule has 1 heterocycles. The molecule has 0 saturated carbocycles. The van der Waals surface area contributed by atoms with E-state index in [9.17, 15) is 14.7 Å². The number of nitrogens with zero attached hydrogens (tertiary/aromatic N) is 2. The zero-order valence-electron chi connectivity index (χ0n) is 10.1. The predicted molar refractivity (Wildman–Crippen MR) is 67.6 cm³/mol. The van der Waals surface area contributed by atoms with Gasteiger partial charge in [-0.15, -0.1) is 0 Å². The summed E-state index contributed by atoms with van der Waals surface area (Å²) in [5.74, 6) is -0.859. The number of nitrogens with one attached hydrogen (secondary N) is 1. The van der Waals surface area contributed by atoms with Gasteiger partial charge < -0.3 is 16.2 Å². The fourth-order valence-electron chi connectivity index (χ4n) is 1.24. The summed E-state index contributed by atoms with van der Waals surface area (Å²) in [5.41, 5.74) is 4.70. The highest BCUT2D eigenvalue weighted by atomic mass is 35.5. The number of halogens is 1. The standard InChI is InChI=1S/C10H15ClN4O3/c1-5(2)15-10(18)8(11)6(3-14-15)13-4-7(16)9(12)17/h3,5,7,13,16H,4H2,1-2H3,(H2,12,17). The minimum absolute atomic E-state index is 0.0460. The number of hydrogen-bond acceptors (Lipinski definition) is 5. The number of carbonyl (C=O) groups is 1. The Morgan fingerprint density at radius 2 is 2.28 bits per heavy atom. The minimum Gasteiger partial charge on any atom is -0.381 e. The molecule has 1 aromatic rings. The van der Waals surface area contributed by atoms with Gasteiger partial charge in [0.2, 0.25) is 5.91 Å². The Kier molecular flexibility index (Phi) is 4.69. The lowest BCUT2D eigenvalue weighted by Gasteiger charge is -2.13. The Labute approximate surface area is 109 Å². The normalized spacial score (nSPS) is 12.5. The second kappa shape index (κ2) is 5.83. The van der Waals surface area contributed by atoms with Crippen molar-refractivity contribution in [3.63, 3.8) is 0 Å². The molecular weight excluding hydrogens is 260 g/mol. The molecule has 0 aliphatic heterocycles. The van der Waals surface area contributed by atoms with Crippen LogP contribution in [0.25, 0.3) is 0 Å². The molecule has 7 nitrogen and oxygen atoms in total. The van der Waals surface area contributed by atoms with E-state index in [2.05, 4.69) is 10.4 Å². The first-order chi connectivity index (χ1) is 8.34. The molecule has 0 saturated heterocycles. The van der Waals surface area contributed by atoms with E-state index in [1.807, 2.05) is 0 Å². The molecule has 1 unspecified atom stereocenters. The second-order valence-corrected chi connectivity index (χ2v) is 4.39. The van der Waals surface area contributed by atoms with E-state index in [4.69, 9.17) is 17.3 Å². The molecule has 1 atom stereocenters. The van der Waals surface area contributed by atoms with Gasteiger partial charge >= 0.3 is 0 Å². The molecule has 0 fully saturated rings. The molecule has 0 bridgehead atoms. The lowest BCUT2D eigenvalue weighted by Crippen LogP contribution is -2.35. The Hall–Kier alpha value is -1.60. The third kappa shape index (κ3) is 3.21. The van der Waals surface area contributed by atoms with E-state index in [0.29, 0.717) is 0 Å². The maximum atomic E-state index is 11.8. The molecular formula is C10H15ClN4O3. The van der Waals surface area contributed by atoms with Crippen molar-refractivity contribution in [3.05, 3.63) is 21.6 Å². The van der Waals surface area contributed by atoms with Gasteiger partial charge in [0.15, 0.2) is 0 Å². The van der Waals surface area contributed by atoms with Crippen LogP contribution in [0.2, 0.25) is 5.02 Å². The van der Waals surface area contributed by atoms with Crippen LogP contribution in [0.3, 0.4) is 0 Å². The molecule has 0 radical (unpaired) electrons. The summed E-state index contributed by atoms with van der Waals surface area (Å²) in [6.45, 7) is 3.46. The lowest BCUT2D eigenvalue weighted by atomic mass is 10.3. The number of hydrogen-bond donors (Lipinski definition) is 3. The topological polar surface area (TPSA) is 110 Å². The van der Waals surface area contributed by atoms with Gasteiger partial charge in [0.25, 0.3) is 5.56 Å². The van der Waals surface area contributed by atoms with Crippen molar-refractivity contribution >= 4 is 23.2 Å². The van der Waals surface area contributed by atoms with E-state index in [-0.39, 0.29) is 23.3 Å². The van der Waals surface area contributed by atoms with E-state index in [1.54, 1.807) is 13.8 Å². The molecule has 0 spiro atoms. The van der Waals surface area contributed by atoms with Gasteiger partial charge in [0.05, 0.1) is 17.9 Å². The van der Waals surface area contributed by atoms with Gasteiger partial charge in [-0.3, -0.25) is 9.59 Å². The number of amides is 1. The van der Waals surface area contributed by atoms with E-state index < -0.39 is 17.6 Å². The summed E-state index contributed by atoms with van der Waals surface area (Å²) >= 11 is 5.87. The van der Waals surface area contributed by atoms with Gasteiger partial charge in [-0.25, -0.2) is 4.68 Å². The van der Waals surface area contributed by atoms with Crippen molar-refractivity contribution in [1.29, 1.82) is 0 Å². The molecule has 0 aliphatic rings. The van der Waals surface area contributed by atoms with Crippen LogP contribution in [-0.2, 0) is 4.79 Å². The number of anilines is 1. The van der Waals surface area contributed by atoms with Crippen LogP contribution >= 0.6 is 11.6 Å². The van der Waals surface area contributed by atoms with Crippen molar-refractivity contribution < 1.29 is 9.90 Å². The zero-order valence-corrected chi connectivity index (χ0v) is 10.8. The first-order valence-corrected chi connectivity index (χ1v) is 5.71. The number of aliphatic hydroxyl groups is 1. The van der Waals surface area contributed by atoms with Gasteiger partial charge in [-0.2, -0.15) is 5.10 Å². The van der Waals surface area contributed by atoms with Gasteiger partial charge in [0.1, 0.15) is 11.1 Å². The van der Waals surface area contributed by atoms with Crippen LogP contribution in [0, 0.1) is 0 Å². The Morgan fingerprint density at radius 1 is 1.67 bits per heavy atom. The molecule has 4 N–H and O–H groups in total. The van der Waals surface area contributed by atoms with Gasteiger partial charge in [-0.1, -0.05) is 11.6 Å². The van der Waals surface area contributed by atoms with Crippen LogP contribution in [0.4, 0.5) is 5.69 Å². The van der Waals surface area contributed by atoms with Crippen molar-refractivity contribution in [3.8, 4) is 0 Å². The molecule has 1 aromatic heterocycles. The first-order valence-electron chi connectivity index (χ1n) is 5.33. The quantitative estimate of drug-likeness (QED) is 0.685. The summed E-state index contributed by atoms with van der Waals surface area (Å²) in [6.07, 6.45) is 0.00543. The van der Waals surface area contributed by atoms with Gasteiger partial charge in [0, 0.05) is 6.54 Å². The van der Waals surface area contributed by atoms with Crippen molar-refractivity contribution in [2.45, 2.75) is 26.0 Å². The summed E-state index contributed by atoms with van der Waals surface area (Å²) in [7, 11) is 0. The smallest absolute Gasteiger partial charge is 0.287 e. The molecule has 18 heavy (non-hydrogen) atoms. The Balaban J connectivity index is 2.90. The largest absolute Gasteiger partial charge is 0.381 e. The first kappa shape index (κ1) is 14.5. The zero-order chi connectivity index (χ0) is 13.9. The molecule has 1 amide bonds. The average Bonchev–Trinajstić information content (AvgIpc) is 2.30. The molecule has 0 aromatic carbocycles. The van der Waals surface area contributed by atoms with Crippen LogP contribution in [0.15, 0.2) is 11.0 Å². The highest BCUT2D eigenvalue weighted by molar-refractivity contribution is 6.32. The Bertz CT molecular complexity index is 500. The highest BCUT2D eigenvalue weighted by Gasteiger charge is 2.14. The molecule has 8 heteroatoms. The van der Waals surface area contributed by atoms with Crippen LogP contribution in [0.1, 0.15) is 19.9 Å². The van der Waals surface area contributed by atoms with Crippen molar-refractivity contribution in [2.24, 2.45) is 5.73 Å². The number of carbonyl (C=O) groups excluding carboxylic acids is 1.